The Morgan fingerprint density at radius 1 is 1.32 bits per heavy atom. The minimum atomic E-state index is -0.383. The molecule has 110 valence electrons. The van der Waals surface area contributed by atoms with Crippen LogP contribution in [-0.2, 0) is 9.53 Å². The Bertz CT molecular complexity index is 307. The SMILES string of the molecule is CCC(CC)(CN)C(=O)NC1CCCC2OCCC12. The van der Waals surface area contributed by atoms with Crippen LogP contribution in [0.4, 0.5) is 0 Å². The molecule has 0 radical (unpaired) electrons. The van der Waals surface area contributed by atoms with Gasteiger partial charge in [0.2, 0.25) is 5.91 Å². The van der Waals surface area contributed by atoms with Crippen LogP contribution in [0, 0.1) is 11.3 Å². The highest BCUT2D eigenvalue weighted by Gasteiger charge is 2.41. The van der Waals surface area contributed by atoms with E-state index in [2.05, 4.69) is 19.2 Å². The van der Waals surface area contributed by atoms with Crippen molar-refractivity contribution in [3.8, 4) is 0 Å². The van der Waals surface area contributed by atoms with Crippen LogP contribution in [0.2, 0.25) is 0 Å². The van der Waals surface area contributed by atoms with Gasteiger partial charge in [-0.3, -0.25) is 4.79 Å². The van der Waals surface area contributed by atoms with Gasteiger partial charge in [0.25, 0.3) is 0 Å². The summed E-state index contributed by atoms with van der Waals surface area (Å²) in [4.78, 5) is 12.6. The van der Waals surface area contributed by atoms with Gasteiger partial charge in [-0.1, -0.05) is 13.8 Å². The van der Waals surface area contributed by atoms with Gasteiger partial charge in [0.15, 0.2) is 0 Å². The number of carbonyl (C=O) groups is 1. The predicted octanol–water partition coefficient (Wildman–Crippen LogP) is 1.83. The summed E-state index contributed by atoms with van der Waals surface area (Å²) < 4.78 is 5.76. The van der Waals surface area contributed by atoms with Gasteiger partial charge in [-0.05, 0) is 38.5 Å². The lowest BCUT2D eigenvalue weighted by molar-refractivity contribution is -0.132. The van der Waals surface area contributed by atoms with Crippen molar-refractivity contribution in [1.29, 1.82) is 0 Å². The molecule has 0 bridgehead atoms. The number of rotatable bonds is 5. The van der Waals surface area contributed by atoms with E-state index in [0.717, 1.165) is 45.1 Å². The number of fused-ring (bicyclic) bond motifs is 1. The van der Waals surface area contributed by atoms with Crippen molar-refractivity contribution >= 4 is 5.91 Å². The Morgan fingerprint density at radius 3 is 2.68 bits per heavy atom. The van der Waals surface area contributed by atoms with Crippen molar-refractivity contribution in [2.75, 3.05) is 13.2 Å². The number of nitrogens with two attached hydrogens (primary N) is 1. The molecule has 2 fully saturated rings. The fourth-order valence-corrected chi connectivity index (χ4v) is 3.63. The number of amides is 1. The maximum Gasteiger partial charge on any atom is 0.227 e. The Kier molecular flexibility index (Phi) is 4.85. The summed E-state index contributed by atoms with van der Waals surface area (Å²) >= 11 is 0. The smallest absolute Gasteiger partial charge is 0.227 e. The highest BCUT2D eigenvalue weighted by molar-refractivity contribution is 5.83. The van der Waals surface area contributed by atoms with Gasteiger partial charge in [-0.25, -0.2) is 0 Å². The molecule has 1 amide bonds. The molecule has 1 heterocycles. The lowest BCUT2D eigenvalue weighted by atomic mass is 9.78. The molecule has 2 aliphatic rings. The Hall–Kier alpha value is -0.610. The number of nitrogens with one attached hydrogen (secondary N) is 1. The zero-order valence-electron chi connectivity index (χ0n) is 12.3. The molecule has 0 aromatic rings. The standard InChI is InChI=1S/C15H28N2O2/c1-3-15(4-2,10-16)14(18)17-12-6-5-7-13-11(12)8-9-19-13/h11-13H,3-10,16H2,1-2H3,(H,17,18). The molecule has 3 unspecified atom stereocenters. The second-order valence-corrected chi connectivity index (χ2v) is 6.06. The first-order chi connectivity index (χ1) is 9.16. The van der Waals surface area contributed by atoms with E-state index in [4.69, 9.17) is 10.5 Å². The minimum absolute atomic E-state index is 0.151. The minimum Gasteiger partial charge on any atom is -0.378 e. The normalized spacial score (nSPS) is 31.0. The molecule has 0 spiro atoms. The molecular weight excluding hydrogens is 240 g/mol. The highest BCUT2D eigenvalue weighted by Crippen LogP contribution is 2.35. The molecule has 1 aliphatic carbocycles. The highest BCUT2D eigenvalue weighted by atomic mass is 16.5. The van der Waals surface area contributed by atoms with Crippen molar-refractivity contribution < 1.29 is 9.53 Å². The predicted molar refractivity (Wildman–Crippen MR) is 75.7 cm³/mol. The summed E-state index contributed by atoms with van der Waals surface area (Å²) in [6.07, 6.45) is 6.47. The van der Waals surface area contributed by atoms with Gasteiger partial charge in [0.05, 0.1) is 11.5 Å². The van der Waals surface area contributed by atoms with Gasteiger partial charge in [-0.2, -0.15) is 0 Å². The molecule has 3 N–H and O–H groups in total. The third-order valence-electron chi connectivity index (χ3n) is 5.32. The molecule has 0 aromatic heterocycles. The van der Waals surface area contributed by atoms with Crippen molar-refractivity contribution in [2.24, 2.45) is 17.1 Å². The molecule has 1 saturated heterocycles. The van der Waals surface area contributed by atoms with Crippen LogP contribution >= 0.6 is 0 Å². The summed E-state index contributed by atoms with van der Waals surface area (Å²) in [5.74, 6) is 0.666. The van der Waals surface area contributed by atoms with E-state index in [-0.39, 0.29) is 17.4 Å². The van der Waals surface area contributed by atoms with E-state index in [9.17, 15) is 4.79 Å². The average molecular weight is 268 g/mol. The maximum atomic E-state index is 12.6. The molecule has 1 aliphatic heterocycles. The van der Waals surface area contributed by atoms with Gasteiger partial charge < -0.3 is 15.8 Å². The molecule has 3 atom stereocenters. The molecular formula is C15H28N2O2. The van der Waals surface area contributed by atoms with Crippen LogP contribution in [0.25, 0.3) is 0 Å². The Balaban J connectivity index is 2.01. The van der Waals surface area contributed by atoms with Crippen LogP contribution in [-0.4, -0.2) is 31.2 Å². The summed E-state index contributed by atoms with van der Waals surface area (Å²) in [6.45, 7) is 5.39. The second kappa shape index (κ2) is 6.23. The van der Waals surface area contributed by atoms with E-state index < -0.39 is 0 Å². The van der Waals surface area contributed by atoms with Crippen molar-refractivity contribution in [2.45, 2.75) is 64.5 Å². The fraction of sp³-hybridized carbons (Fsp3) is 0.933. The zero-order chi connectivity index (χ0) is 13.9. The average Bonchev–Trinajstić information content (AvgIpc) is 2.91. The van der Waals surface area contributed by atoms with Crippen LogP contribution in [0.1, 0.15) is 52.4 Å². The van der Waals surface area contributed by atoms with E-state index in [0.29, 0.717) is 18.6 Å². The van der Waals surface area contributed by atoms with E-state index in [1.54, 1.807) is 0 Å². The van der Waals surface area contributed by atoms with Crippen LogP contribution in [0.5, 0.6) is 0 Å². The van der Waals surface area contributed by atoms with Crippen LogP contribution < -0.4 is 11.1 Å². The summed E-state index contributed by atoms with van der Waals surface area (Å²) in [5.41, 5.74) is 5.47. The summed E-state index contributed by atoms with van der Waals surface area (Å²) in [6, 6.07) is 0.290. The van der Waals surface area contributed by atoms with E-state index in [1.165, 1.54) is 0 Å². The summed E-state index contributed by atoms with van der Waals surface area (Å²) in [7, 11) is 0. The molecule has 4 nitrogen and oxygen atoms in total. The molecule has 0 aromatic carbocycles. The largest absolute Gasteiger partial charge is 0.378 e. The summed E-state index contributed by atoms with van der Waals surface area (Å²) in [5, 5.41) is 3.29. The van der Waals surface area contributed by atoms with Crippen molar-refractivity contribution in [3.63, 3.8) is 0 Å². The first-order valence-corrected chi connectivity index (χ1v) is 7.79. The maximum absolute atomic E-state index is 12.6. The number of hydrogen-bond donors (Lipinski definition) is 2. The third kappa shape index (κ3) is 2.79. The van der Waals surface area contributed by atoms with Gasteiger partial charge in [0.1, 0.15) is 0 Å². The fourth-order valence-electron chi connectivity index (χ4n) is 3.63. The van der Waals surface area contributed by atoms with Crippen molar-refractivity contribution in [1.82, 2.24) is 5.32 Å². The second-order valence-electron chi connectivity index (χ2n) is 6.06. The van der Waals surface area contributed by atoms with Crippen LogP contribution in [0.15, 0.2) is 0 Å². The molecule has 19 heavy (non-hydrogen) atoms. The first kappa shape index (κ1) is 14.8. The van der Waals surface area contributed by atoms with E-state index >= 15 is 0 Å². The topological polar surface area (TPSA) is 64.4 Å². The first-order valence-electron chi connectivity index (χ1n) is 7.79. The van der Waals surface area contributed by atoms with E-state index in [1.807, 2.05) is 0 Å². The monoisotopic (exact) mass is 268 g/mol. The van der Waals surface area contributed by atoms with Crippen molar-refractivity contribution in [3.05, 3.63) is 0 Å². The zero-order valence-corrected chi connectivity index (χ0v) is 12.3. The van der Waals surface area contributed by atoms with Gasteiger partial charge >= 0.3 is 0 Å². The molecule has 4 heteroatoms. The quantitative estimate of drug-likeness (QED) is 0.799. The third-order valence-corrected chi connectivity index (χ3v) is 5.32. The Morgan fingerprint density at radius 2 is 2.05 bits per heavy atom. The Labute approximate surface area is 116 Å². The van der Waals surface area contributed by atoms with Gasteiger partial charge in [0, 0.05) is 25.1 Å². The number of ether oxygens (including phenoxy) is 1. The number of carbonyl (C=O) groups excluding carboxylic acids is 1. The van der Waals surface area contributed by atoms with Gasteiger partial charge in [-0.15, -0.1) is 0 Å². The lowest BCUT2D eigenvalue weighted by Gasteiger charge is -2.37. The molecule has 2 rings (SSSR count). The number of hydrogen-bond acceptors (Lipinski definition) is 3. The van der Waals surface area contributed by atoms with Crippen LogP contribution in [0.3, 0.4) is 0 Å². The lowest BCUT2D eigenvalue weighted by Crippen LogP contribution is -2.52. The molecule has 1 saturated carbocycles.